The summed E-state index contributed by atoms with van der Waals surface area (Å²) in [6.45, 7) is 4.84. The van der Waals surface area contributed by atoms with E-state index in [1.54, 1.807) is 0 Å². The van der Waals surface area contributed by atoms with Crippen molar-refractivity contribution in [3.63, 3.8) is 0 Å². The Morgan fingerprint density at radius 1 is 1.42 bits per heavy atom. The van der Waals surface area contributed by atoms with Gasteiger partial charge in [0.25, 0.3) is 0 Å². The summed E-state index contributed by atoms with van der Waals surface area (Å²) in [7, 11) is 0. The van der Waals surface area contributed by atoms with E-state index in [0.29, 0.717) is 12.6 Å². The molecule has 0 bridgehead atoms. The normalized spacial score (nSPS) is 41.7. The molecular weight excluding hydrogens is 152 g/mol. The molecule has 0 spiro atoms. The molecule has 3 nitrogen and oxygen atoms in total. The fraction of sp³-hybridized carbons (Fsp3) is 0.889. The van der Waals surface area contributed by atoms with Gasteiger partial charge in [-0.05, 0) is 25.7 Å². The summed E-state index contributed by atoms with van der Waals surface area (Å²) < 4.78 is 0. The second-order valence-electron chi connectivity index (χ2n) is 4.09. The molecule has 68 valence electrons. The summed E-state index contributed by atoms with van der Waals surface area (Å²) in [5.41, 5.74) is 0. The second-order valence-corrected chi connectivity index (χ2v) is 4.09. The van der Waals surface area contributed by atoms with Crippen LogP contribution in [0, 0.1) is 5.92 Å². The van der Waals surface area contributed by atoms with Crippen molar-refractivity contribution in [3.8, 4) is 0 Å². The molecule has 1 aliphatic carbocycles. The topological polar surface area (TPSA) is 32.3 Å². The van der Waals surface area contributed by atoms with E-state index in [2.05, 4.69) is 19.2 Å². The minimum absolute atomic E-state index is 0.259. The number of carbonyl (C=O) groups excluding carboxylic acids is 1. The van der Waals surface area contributed by atoms with Gasteiger partial charge in [-0.15, -0.1) is 0 Å². The van der Waals surface area contributed by atoms with Crippen LogP contribution in [0.15, 0.2) is 0 Å². The second kappa shape index (κ2) is 2.73. The van der Waals surface area contributed by atoms with Crippen LogP contribution >= 0.6 is 0 Å². The van der Waals surface area contributed by atoms with Gasteiger partial charge in [0.15, 0.2) is 0 Å². The highest BCUT2D eigenvalue weighted by Gasteiger charge is 2.38. The maximum absolute atomic E-state index is 11.4. The molecule has 0 radical (unpaired) electrons. The monoisotopic (exact) mass is 168 g/mol. The molecule has 1 N–H and O–H groups in total. The van der Waals surface area contributed by atoms with E-state index in [9.17, 15) is 4.79 Å². The number of carbonyl (C=O) groups is 1. The first kappa shape index (κ1) is 8.05. The lowest BCUT2D eigenvalue weighted by Crippen LogP contribution is -2.49. The summed E-state index contributed by atoms with van der Waals surface area (Å²) >= 11 is 0. The molecule has 1 atom stereocenters. The lowest BCUT2D eigenvalue weighted by atomic mass is 9.81. The third kappa shape index (κ3) is 1.12. The molecule has 1 saturated carbocycles. The van der Waals surface area contributed by atoms with Crippen molar-refractivity contribution in [2.45, 2.75) is 38.9 Å². The van der Waals surface area contributed by atoms with Crippen molar-refractivity contribution in [1.29, 1.82) is 0 Å². The van der Waals surface area contributed by atoms with Gasteiger partial charge in [0.1, 0.15) is 0 Å². The highest BCUT2D eigenvalue weighted by molar-refractivity contribution is 5.81. The summed E-state index contributed by atoms with van der Waals surface area (Å²) in [6, 6.07) is 0.525. The molecule has 0 aromatic carbocycles. The fourth-order valence-electron chi connectivity index (χ4n) is 2.25. The molecular formula is C9H16N2O. The maximum atomic E-state index is 11.4. The van der Waals surface area contributed by atoms with Crippen LogP contribution in [0.25, 0.3) is 0 Å². The van der Waals surface area contributed by atoms with Crippen LogP contribution in [0.5, 0.6) is 0 Å². The zero-order valence-electron chi connectivity index (χ0n) is 7.71. The van der Waals surface area contributed by atoms with Gasteiger partial charge in [0.2, 0.25) is 5.91 Å². The van der Waals surface area contributed by atoms with Gasteiger partial charge in [-0.25, -0.2) is 0 Å². The molecule has 1 unspecified atom stereocenters. The van der Waals surface area contributed by atoms with E-state index < -0.39 is 0 Å². The van der Waals surface area contributed by atoms with Gasteiger partial charge in [-0.3, -0.25) is 10.1 Å². The first-order valence-electron chi connectivity index (χ1n) is 4.73. The SMILES string of the molecule is CC1CC(N2C(=O)CNC2C)C1. The smallest absolute Gasteiger partial charge is 0.238 e. The Morgan fingerprint density at radius 2 is 2.08 bits per heavy atom. The van der Waals surface area contributed by atoms with Crippen LogP contribution in [0.3, 0.4) is 0 Å². The van der Waals surface area contributed by atoms with Crippen molar-refractivity contribution in [2.24, 2.45) is 5.92 Å². The van der Waals surface area contributed by atoms with Crippen LogP contribution in [0.1, 0.15) is 26.7 Å². The Hall–Kier alpha value is -0.570. The zero-order valence-corrected chi connectivity index (χ0v) is 7.71. The molecule has 0 aromatic heterocycles. The fourth-order valence-corrected chi connectivity index (χ4v) is 2.25. The number of hydrogen-bond donors (Lipinski definition) is 1. The van der Waals surface area contributed by atoms with Crippen molar-refractivity contribution in [3.05, 3.63) is 0 Å². The Kier molecular flexibility index (Phi) is 1.83. The van der Waals surface area contributed by atoms with Crippen molar-refractivity contribution in [2.75, 3.05) is 6.54 Å². The average molecular weight is 168 g/mol. The number of nitrogens with one attached hydrogen (secondary N) is 1. The van der Waals surface area contributed by atoms with E-state index in [-0.39, 0.29) is 12.1 Å². The van der Waals surface area contributed by atoms with Gasteiger partial charge in [0, 0.05) is 6.04 Å². The standard InChI is InChI=1S/C9H16N2O/c1-6-3-8(4-6)11-7(2)10-5-9(11)12/h6-8,10H,3-5H2,1-2H3. The van der Waals surface area contributed by atoms with Crippen molar-refractivity contribution < 1.29 is 4.79 Å². The van der Waals surface area contributed by atoms with Gasteiger partial charge < -0.3 is 4.90 Å². The molecule has 1 heterocycles. The zero-order chi connectivity index (χ0) is 8.72. The molecule has 1 saturated heterocycles. The van der Waals surface area contributed by atoms with Gasteiger partial charge in [0.05, 0.1) is 12.7 Å². The maximum Gasteiger partial charge on any atom is 0.238 e. The lowest BCUT2D eigenvalue weighted by Gasteiger charge is -2.41. The summed E-state index contributed by atoms with van der Waals surface area (Å²) in [5, 5.41) is 3.16. The van der Waals surface area contributed by atoms with E-state index >= 15 is 0 Å². The molecule has 1 amide bonds. The molecule has 2 rings (SSSR count). The van der Waals surface area contributed by atoms with Gasteiger partial charge >= 0.3 is 0 Å². The van der Waals surface area contributed by atoms with E-state index in [0.717, 1.165) is 5.92 Å². The van der Waals surface area contributed by atoms with Crippen LogP contribution < -0.4 is 5.32 Å². The molecule has 12 heavy (non-hydrogen) atoms. The van der Waals surface area contributed by atoms with E-state index in [1.165, 1.54) is 12.8 Å². The van der Waals surface area contributed by atoms with Crippen LogP contribution in [-0.4, -0.2) is 29.6 Å². The first-order valence-corrected chi connectivity index (χ1v) is 4.73. The number of rotatable bonds is 1. The van der Waals surface area contributed by atoms with E-state index in [4.69, 9.17) is 0 Å². The molecule has 1 aliphatic heterocycles. The van der Waals surface area contributed by atoms with Gasteiger partial charge in [-0.1, -0.05) is 6.92 Å². The van der Waals surface area contributed by atoms with Crippen LogP contribution in [0.4, 0.5) is 0 Å². The largest absolute Gasteiger partial charge is 0.323 e. The molecule has 2 aliphatic rings. The molecule has 2 fully saturated rings. The highest BCUT2D eigenvalue weighted by Crippen LogP contribution is 2.32. The summed E-state index contributed by atoms with van der Waals surface area (Å²) in [5.74, 6) is 1.09. The Balaban J connectivity index is 1.98. The van der Waals surface area contributed by atoms with Crippen LogP contribution in [0.2, 0.25) is 0 Å². The van der Waals surface area contributed by atoms with E-state index in [1.807, 2.05) is 4.90 Å². The third-order valence-corrected chi connectivity index (χ3v) is 3.00. The minimum Gasteiger partial charge on any atom is -0.323 e. The van der Waals surface area contributed by atoms with Crippen molar-refractivity contribution >= 4 is 5.91 Å². The Bertz CT molecular complexity index is 199. The van der Waals surface area contributed by atoms with Crippen LogP contribution in [-0.2, 0) is 4.79 Å². The van der Waals surface area contributed by atoms with Gasteiger partial charge in [-0.2, -0.15) is 0 Å². The third-order valence-electron chi connectivity index (χ3n) is 3.00. The highest BCUT2D eigenvalue weighted by atomic mass is 16.2. The average Bonchev–Trinajstić information content (AvgIpc) is 2.26. The first-order chi connectivity index (χ1) is 5.68. The summed E-state index contributed by atoms with van der Waals surface area (Å²) in [4.78, 5) is 13.4. The number of nitrogens with zero attached hydrogens (tertiary/aromatic N) is 1. The summed E-state index contributed by atoms with van der Waals surface area (Å²) in [6.07, 6.45) is 2.64. The quantitative estimate of drug-likeness (QED) is 0.620. The predicted octanol–water partition coefficient (Wildman–Crippen LogP) is 0.563. The minimum atomic E-state index is 0.259. The Labute approximate surface area is 73.1 Å². The van der Waals surface area contributed by atoms with Crippen molar-refractivity contribution in [1.82, 2.24) is 10.2 Å². The molecule has 3 heteroatoms. The number of hydrogen-bond acceptors (Lipinski definition) is 2. The lowest BCUT2D eigenvalue weighted by molar-refractivity contribution is -0.132. The molecule has 0 aromatic rings. The number of amides is 1. The predicted molar refractivity (Wildman–Crippen MR) is 46.5 cm³/mol. The Morgan fingerprint density at radius 3 is 2.50 bits per heavy atom.